The molecule has 1 aliphatic rings. The first-order valence-corrected chi connectivity index (χ1v) is 12.1. The van der Waals surface area contributed by atoms with E-state index in [0.29, 0.717) is 36.7 Å². The molecule has 2 aromatic rings. The fourth-order valence-electron chi connectivity index (χ4n) is 3.42. The van der Waals surface area contributed by atoms with Crippen LogP contribution in [-0.2, 0) is 16.5 Å². The summed E-state index contributed by atoms with van der Waals surface area (Å²) in [7, 11) is -4.51. The van der Waals surface area contributed by atoms with E-state index in [4.69, 9.17) is 10.5 Å². The maximum absolute atomic E-state index is 11.7. The first-order chi connectivity index (χ1) is 15.7. The molecule has 3 atom stereocenters. The van der Waals surface area contributed by atoms with Gasteiger partial charge < -0.3 is 30.6 Å². The van der Waals surface area contributed by atoms with E-state index in [9.17, 15) is 23.2 Å². The first-order valence-electron chi connectivity index (χ1n) is 10.6. The van der Waals surface area contributed by atoms with E-state index in [0.717, 1.165) is 5.56 Å². The van der Waals surface area contributed by atoms with Crippen molar-refractivity contribution in [3.63, 3.8) is 0 Å². The number of aromatic hydroxyl groups is 1. The van der Waals surface area contributed by atoms with E-state index in [-0.39, 0.29) is 54.4 Å². The number of allylic oxidation sites excluding steroid dienone is 1. The van der Waals surface area contributed by atoms with Crippen molar-refractivity contribution in [3.05, 3.63) is 71.8 Å². The number of ether oxygens (including phenoxy) is 1. The summed E-state index contributed by atoms with van der Waals surface area (Å²) in [5.74, 6) is 1.07. The Balaban J connectivity index is 0.00000408. The second kappa shape index (κ2) is 13.1. The van der Waals surface area contributed by atoms with Gasteiger partial charge in [0.2, 0.25) is 0 Å². The molecule has 3 rings (SSSR count). The number of rotatable bonds is 10. The van der Waals surface area contributed by atoms with Gasteiger partial charge in [-0.15, -0.1) is 0 Å². The average Bonchev–Trinajstić information content (AvgIpc) is 2.76. The van der Waals surface area contributed by atoms with Crippen molar-refractivity contribution in [2.45, 2.75) is 43.3 Å². The van der Waals surface area contributed by atoms with Gasteiger partial charge in [-0.1, -0.05) is 36.4 Å². The monoisotopic (exact) mass is 497 g/mol. The van der Waals surface area contributed by atoms with Gasteiger partial charge in [0.1, 0.15) is 11.5 Å². The molecule has 1 heterocycles. The number of hydrogen-bond donors (Lipinski definition) is 4. The number of aliphatic hydroxyl groups excluding tert-OH is 1. The van der Waals surface area contributed by atoms with Crippen molar-refractivity contribution in [3.8, 4) is 11.5 Å². The van der Waals surface area contributed by atoms with E-state index in [2.05, 4.69) is 10.3 Å². The number of phenolic OH excluding ortho intramolecular Hbond substituents is 1. The summed E-state index contributed by atoms with van der Waals surface area (Å²) < 4.78 is 40.9. The van der Waals surface area contributed by atoms with E-state index >= 15 is 0 Å². The summed E-state index contributed by atoms with van der Waals surface area (Å²) in [5, 5.41) is 21.3. The Kier molecular flexibility index (Phi) is 10.9. The van der Waals surface area contributed by atoms with Gasteiger partial charge in [-0.25, -0.2) is 8.42 Å². The van der Waals surface area contributed by atoms with Gasteiger partial charge in [0, 0.05) is 13.0 Å². The molecule has 11 heteroatoms. The van der Waals surface area contributed by atoms with Crippen LogP contribution in [0, 0.1) is 0 Å². The zero-order valence-corrected chi connectivity index (χ0v) is 21.8. The number of phenols is 1. The quantitative estimate of drug-likeness (QED) is 0.184. The summed E-state index contributed by atoms with van der Waals surface area (Å²) in [4.78, 5) is 4.05. The van der Waals surface area contributed by atoms with Crippen molar-refractivity contribution < 1.29 is 57.5 Å². The smallest absolute Gasteiger partial charge is 0.748 e. The molecule has 0 bridgehead atoms. The Hall–Kier alpha value is -2.08. The van der Waals surface area contributed by atoms with E-state index in [1.807, 2.05) is 12.1 Å². The molecule has 0 aromatic heterocycles. The number of benzene rings is 2. The van der Waals surface area contributed by atoms with Gasteiger partial charge >= 0.3 is 29.6 Å². The molecule has 0 radical (unpaired) electrons. The SMILES string of the molecule is NC1=NCC[C@H](Oc2ccc(CC[C@H](C/C=C/[C@@H](O)c3ccc(O)cc3)S(=O)(=O)[O-])cc2)N1.[Na+]. The van der Waals surface area contributed by atoms with Crippen molar-refractivity contribution >= 4 is 16.1 Å². The number of hydrogen-bond acceptors (Lipinski definition) is 9. The Bertz CT molecular complexity index is 1070. The van der Waals surface area contributed by atoms with Crippen LogP contribution in [-0.4, -0.2) is 47.2 Å². The number of guanidine groups is 1. The van der Waals surface area contributed by atoms with Gasteiger partial charge in [-0.3, -0.25) is 4.99 Å². The molecule has 0 spiro atoms. The maximum Gasteiger partial charge on any atom is 1.00 e. The van der Waals surface area contributed by atoms with Crippen LogP contribution in [0.2, 0.25) is 0 Å². The number of aryl methyl sites for hydroxylation is 1. The molecular formula is C23H28N3NaO6S. The van der Waals surface area contributed by atoms with Crippen LogP contribution < -0.4 is 45.3 Å². The van der Waals surface area contributed by atoms with Crippen LogP contribution in [0.25, 0.3) is 0 Å². The molecule has 0 amide bonds. The third-order valence-corrected chi connectivity index (χ3v) is 6.54. The van der Waals surface area contributed by atoms with Crippen molar-refractivity contribution in [2.75, 3.05) is 6.54 Å². The van der Waals surface area contributed by atoms with Crippen molar-refractivity contribution in [1.82, 2.24) is 5.32 Å². The van der Waals surface area contributed by atoms with E-state index in [1.54, 1.807) is 24.3 Å². The van der Waals surface area contributed by atoms with Gasteiger partial charge in [-0.2, -0.15) is 0 Å². The standard InChI is InChI=1S/C23H29N3O6S.Na/c24-23-25-15-14-22(26-23)32-19-11-4-16(5-12-19)6-13-20(33(29,30)31)2-1-3-21(28)17-7-9-18(27)10-8-17;/h1,3-5,7-12,20-22,27-28H,2,6,13-15H2,(H3,24,25,26)(H,29,30,31);/q;+1/p-1/b3-1+;/t20-,21+,22-;/m0./s1. The topological polar surface area (TPSA) is 157 Å². The molecule has 0 aliphatic carbocycles. The minimum atomic E-state index is -4.51. The maximum atomic E-state index is 11.7. The fourth-order valence-corrected chi connectivity index (χ4v) is 4.18. The van der Waals surface area contributed by atoms with Crippen LogP contribution in [0.15, 0.2) is 65.7 Å². The normalized spacial score (nSPS) is 17.8. The van der Waals surface area contributed by atoms with Crippen LogP contribution in [0.3, 0.4) is 0 Å². The van der Waals surface area contributed by atoms with Gasteiger partial charge in [-0.05, 0) is 54.7 Å². The van der Waals surface area contributed by atoms with Crippen LogP contribution in [0.4, 0.5) is 0 Å². The Morgan fingerprint density at radius 2 is 1.88 bits per heavy atom. The van der Waals surface area contributed by atoms with Crippen LogP contribution >= 0.6 is 0 Å². The summed E-state index contributed by atoms with van der Waals surface area (Å²) in [6, 6.07) is 13.2. The number of nitrogens with zero attached hydrogens (tertiary/aromatic N) is 1. The molecule has 178 valence electrons. The van der Waals surface area contributed by atoms with Crippen LogP contribution in [0.5, 0.6) is 11.5 Å². The number of aliphatic hydroxyl groups is 1. The average molecular weight is 498 g/mol. The number of aliphatic imine (C=N–C) groups is 1. The second-order valence-corrected chi connectivity index (χ2v) is 9.46. The number of nitrogens with one attached hydrogen (secondary N) is 1. The molecule has 0 saturated carbocycles. The second-order valence-electron chi connectivity index (χ2n) is 7.80. The summed E-state index contributed by atoms with van der Waals surface area (Å²) >= 11 is 0. The molecular weight excluding hydrogens is 469 g/mol. The molecule has 0 saturated heterocycles. The van der Waals surface area contributed by atoms with E-state index in [1.165, 1.54) is 24.3 Å². The Morgan fingerprint density at radius 3 is 2.50 bits per heavy atom. The third kappa shape index (κ3) is 8.94. The fraction of sp³-hybridized carbons (Fsp3) is 0.348. The van der Waals surface area contributed by atoms with E-state index < -0.39 is 21.5 Å². The minimum Gasteiger partial charge on any atom is -0.748 e. The summed E-state index contributed by atoms with van der Waals surface area (Å²) in [6.07, 6.45) is 2.97. The predicted molar refractivity (Wildman–Crippen MR) is 124 cm³/mol. The van der Waals surface area contributed by atoms with Gasteiger partial charge in [0.25, 0.3) is 0 Å². The molecule has 9 nitrogen and oxygen atoms in total. The molecule has 0 unspecified atom stereocenters. The predicted octanol–water partition coefficient (Wildman–Crippen LogP) is -1.06. The molecule has 2 aromatic carbocycles. The number of nitrogens with two attached hydrogens (primary N) is 1. The Morgan fingerprint density at radius 1 is 1.21 bits per heavy atom. The minimum absolute atomic E-state index is 0. The zero-order chi connectivity index (χ0) is 23.8. The molecule has 34 heavy (non-hydrogen) atoms. The largest absolute Gasteiger partial charge is 1.00 e. The summed E-state index contributed by atoms with van der Waals surface area (Å²) in [5.41, 5.74) is 7.07. The van der Waals surface area contributed by atoms with Gasteiger partial charge in [0.15, 0.2) is 12.2 Å². The molecule has 5 N–H and O–H groups in total. The van der Waals surface area contributed by atoms with Gasteiger partial charge in [0.05, 0.1) is 21.5 Å². The zero-order valence-electron chi connectivity index (χ0n) is 19.0. The van der Waals surface area contributed by atoms with Crippen molar-refractivity contribution in [2.24, 2.45) is 10.7 Å². The molecule has 0 fully saturated rings. The van der Waals surface area contributed by atoms with Crippen molar-refractivity contribution in [1.29, 1.82) is 0 Å². The third-order valence-electron chi connectivity index (χ3n) is 5.30. The van der Waals surface area contributed by atoms with Crippen LogP contribution in [0.1, 0.15) is 36.5 Å². The Labute approximate surface area is 221 Å². The summed E-state index contributed by atoms with van der Waals surface area (Å²) in [6.45, 7) is 0.590. The molecule has 1 aliphatic heterocycles. The first kappa shape index (κ1) is 28.2.